The molecule has 0 aliphatic carbocycles. The van der Waals surface area contributed by atoms with Gasteiger partial charge < -0.3 is 15.1 Å². The molecule has 2 N–H and O–H groups in total. The van der Waals surface area contributed by atoms with E-state index in [4.69, 9.17) is 0 Å². The first-order chi connectivity index (χ1) is 15.1. The molecule has 0 bridgehead atoms. The molecule has 1 saturated heterocycles. The van der Waals surface area contributed by atoms with Crippen LogP contribution in [0.25, 0.3) is 0 Å². The number of piperazine rings is 1. The number of nitrogens with one attached hydrogen (secondary N) is 2. The topological polar surface area (TPSA) is 53.9 Å². The minimum Gasteiger partial charge on any atom is -0.328 e. The van der Waals surface area contributed by atoms with Crippen molar-refractivity contribution in [2.75, 3.05) is 31.5 Å². The quantitative estimate of drug-likeness (QED) is 0.669. The lowest BCUT2D eigenvalue weighted by molar-refractivity contribution is -0.917. The van der Waals surface area contributed by atoms with Crippen molar-refractivity contribution >= 4 is 17.5 Å². The Morgan fingerprint density at radius 3 is 2.16 bits per heavy atom. The van der Waals surface area contributed by atoms with Crippen LogP contribution in [0.5, 0.6) is 0 Å². The van der Waals surface area contributed by atoms with Gasteiger partial charge in [0.25, 0.3) is 11.8 Å². The molecular weight excluding hydrogens is 393 g/mol. The predicted molar refractivity (Wildman–Crippen MR) is 118 cm³/mol. The van der Waals surface area contributed by atoms with E-state index in [-0.39, 0.29) is 11.5 Å². The van der Waals surface area contributed by atoms with Crippen LogP contribution in [-0.4, -0.2) is 42.9 Å². The summed E-state index contributed by atoms with van der Waals surface area (Å²) in [6.07, 6.45) is 0. The van der Waals surface area contributed by atoms with E-state index in [2.05, 4.69) is 17.4 Å². The van der Waals surface area contributed by atoms with Crippen molar-refractivity contribution in [3.63, 3.8) is 0 Å². The first kappa shape index (κ1) is 20.8. The van der Waals surface area contributed by atoms with E-state index >= 15 is 0 Å². The van der Waals surface area contributed by atoms with Gasteiger partial charge in [0.2, 0.25) is 0 Å². The second-order valence-electron chi connectivity index (χ2n) is 7.68. The lowest BCUT2D eigenvalue weighted by atomic mass is 10.1. The first-order valence-electron chi connectivity index (χ1n) is 10.4. The van der Waals surface area contributed by atoms with Crippen LogP contribution in [0, 0.1) is 5.82 Å². The van der Waals surface area contributed by atoms with Gasteiger partial charge in [-0.15, -0.1) is 0 Å². The molecule has 4 rings (SSSR count). The molecular formula is C25H25FN3O2+. The normalized spacial score (nSPS) is 14.3. The number of hydrogen-bond donors (Lipinski definition) is 2. The maximum absolute atomic E-state index is 13.9. The third-order valence-electron chi connectivity index (χ3n) is 5.58. The van der Waals surface area contributed by atoms with Gasteiger partial charge in [-0.1, -0.05) is 54.6 Å². The Hall–Kier alpha value is -3.51. The summed E-state index contributed by atoms with van der Waals surface area (Å²) in [6.45, 7) is 3.97. The number of carbonyl (C=O) groups is 2. The van der Waals surface area contributed by atoms with Crippen molar-refractivity contribution in [3.8, 4) is 0 Å². The maximum Gasteiger partial charge on any atom is 0.258 e. The SMILES string of the molecule is O=C(Nc1ccccc1C(=O)N1CC[NH+](Cc2ccccc2)CC1)c1ccccc1F. The largest absolute Gasteiger partial charge is 0.328 e. The van der Waals surface area contributed by atoms with Crippen LogP contribution in [0.4, 0.5) is 10.1 Å². The van der Waals surface area contributed by atoms with Crippen molar-refractivity contribution in [3.05, 3.63) is 101 Å². The number of rotatable bonds is 5. The molecule has 158 valence electrons. The van der Waals surface area contributed by atoms with E-state index < -0.39 is 11.7 Å². The third-order valence-corrected chi connectivity index (χ3v) is 5.58. The molecule has 2 amide bonds. The average Bonchev–Trinajstić information content (AvgIpc) is 2.80. The molecule has 1 heterocycles. The van der Waals surface area contributed by atoms with Gasteiger partial charge >= 0.3 is 0 Å². The number of anilines is 1. The Balaban J connectivity index is 1.41. The summed E-state index contributed by atoms with van der Waals surface area (Å²) >= 11 is 0. The first-order valence-corrected chi connectivity index (χ1v) is 10.4. The van der Waals surface area contributed by atoms with E-state index in [9.17, 15) is 14.0 Å². The molecule has 0 spiro atoms. The second kappa shape index (κ2) is 9.53. The van der Waals surface area contributed by atoms with Crippen molar-refractivity contribution in [2.45, 2.75) is 6.54 Å². The zero-order valence-corrected chi connectivity index (χ0v) is 17.2. The van der Waals surface area contributed by atoms with Crippen LogP contribution >= 0.6 is 0 Å². The zero-order valence-electron chi connectivity index (χ0n) is 17.2. The van der Waals surface area contributed by atoms with Crippen molar-refractivity contribution in [1.29, 1.82) is 0 Å². The van der Waals surface area contributed by atoms with Gasteiger partial charge in [-0.3, -0.25) is 9.59 Å². The lowest BCUT2D eigenvalue weighted by Gasteiger charge is -2.32. The Bertz CT molecular complexity index is 1060. The van der Waals surface area contributed by atoms with E-state index in [1.54, 1.807) is 30.3 Å². The average molecular weight is 418 g/mol. The second-order valence-corrected chi connectivity index (χ2v) is 7.68. The van der Waals surface area contributed by atoms with Gasteiger partial charge in [0.15, 0.2) is 0 Å². The number of quaternary nitrogens is 1. The predicted octanol–water partition coefficient (Wildman–Crippen LogP) is 2.62. The van der Waals surface area contributed by atoms with Crippen LogP contribution in [0.15, 0.2) is 78.9 Å². The third kappa shape index (κ3) is 4.98. The fourth-order valence-electron chi connectivity index (χ4n) is 3.87. The van der Waals surface area contributed by atoms with Gasteiger partial charge in [-0.2, -0.15) is 0 Å². The molecule has 0 atom stereocenters. The summed E-state index contributed by atoms with van der Waals surface area (Å²) in [5.74, 6) is -1.29. The molecule has 0 unspecified atom stereocenters. The van der Waals surface area contributed by atoms with Gasteiger partial charge in [0.1, 0.15) is 12.4 Å². The van der Waals surface area contributed by atoms with E-state index in [1.807, 2.05) is 23.1 Å². The minimum atomic E-state index is -0.596. The molecule has 6 heteroatoms. The molecule has 31 heavy (non-hydrogen) atoms. The van der Waals surface area contributed by atoms with Crippen LogP contribution < -0.4 is 10.2 Å². The van der Waals surface area contributed by atoms with Crippen molar-refractivity contribution < 1.29 is 18.9 Å². The number of hydrogen-bond acceptors (Lipinski definition) is 2. The number of carbonyl (C=O) groups excluding carboxylic acids is 2. The van der Waals surface area contributed by atoms with E-state index in [0.29, 0.717) is 24.3 Å². The molecule has 0 aromatic heterocycles. The van der Waals surface area contributed by atoms with Crippen molar-refractivity contribution in [2.24, 2.45) is 0 Å². The van der Waals surface area contributed by atoms with Crippen molar-refractivity contribution in [1.82, 2.24) is 4.90 Å². The van der Waals surface area contributed by atoms with Crippen LogP contribution in [0.1, 0.15) is 26.3 Å². The Morgan fingerprint density at radius 2 is 1.45 bits per heavy atom. The number of benzene rings is 3. The summed E-state index contributed by atoms with van der Waals surface area (Å²) in [7, 11) is 0. The molecule has 5 nitrogen and oxygen atoms in total. The summed E-state index contributed by atoms with van der Waals surface area (Å²) in [5.41, 5.74) is 2.04. The highest BCUT2D eigenvalue weighted by Gasteiger charge is 2.26. The van der Waals surface area contributed by atoms with Crippen LogP contribution in [0.3, 0.4) is 0 Å². The summed E-state index contributed by atoms with van der Waals surface area (Å²) < 4.78 is 13.9. The van der Waals surface area contributed by atoms with Gasteiger partial charge in [-0.25, -0.2) is 4.39 Å². The highest BCUT2D eigenvalue weighted by atomic mass is 19.1. The molecule has 1 fully saturated rings. The Kier molecular flexibility index (Phi) is 6.38. The highest BCUT2D eigenvalue weighted by Crippen LogP contribution is 2.19. The standard InChI is InChI=1S/C25H24FN3O2/c26-22-12-6-4-10-20(22)24(30)27-23-13-7-5-11-21(23)25(31)29-16-14-28(15-17-29)18-19-8-2-1-3-9-19/h1-13H,14-18H2,(H,27,30)/p+1. The lowest BCUT2D eigenvalue weighted by Crippen LogP contribution is -3.13. The Morgan fingerprint density at radius 1 is 0.839 bits per heavy atom. The number of nitrogens with zero attached hydrogens (tertiary/aromatic N) is 1. The van der Waals surface area contributed by atoms with Gasteiger partial charge in [0.05, 0.1) is 43.0 Å². The van der Waals surface area contributed by atoms with E-state index in [1.165, 1.54) is 28.7 Å². The summed E-state index contributed by atoms with van der Waals surface area (Å²) in [4.78, 5) is 28.9. The molecule has 1 aliphatic rings. The Labute approximate surface area is 181 Å². The molecule has 3 aromatic carbocycles. The maximum atomic E-state index is 13.9. The number of para-hydroxylation sites is 1. The molecule has 0 radical (unpaired) electrons. The van der Waals surface area contributed by atoms with Gasteiger partial charge in [-0.05, 0) is 24.3 Å². The highest BCUT2D eigenvalue weighted by molar-refractivity contribution is 6.09. The monoisotopic (exact) mass is 418 g/mol. The van der Waals surface area contributed by atoms with Crippen LogP contribution in [-0.2, 0) is 6.54 Å². The smallest absolute Gasteiger partial charge is 0.258 e. The fraction of sp³-hybridized carbons (Fsp3) is 0.200. The van der Waals surface area contributed by atoms with Gasteiger partial charge in [0, 0.05) is 5.56 Å². The molecule has 1 aliphatic heterocycles. The zero-order chi connectivity index (χ0) is 21.6. The fourth-order valence-corrected chi connectivity index (χ4v) is 3.87. The number of amides is 2. The van der Waals surface area contributed by atoms with E-state index in [0.717, 1.165) is 19.6 Å². The summed E-state index contributed by atoms with van der Waals surface area (Å²) in [6, 6.07) is 23.0. The number of halogens is 1. The van der Waals surface area contributed by atoms with Crippen LogP contribution in [0.2, 0.25) is 0 Å². The minimum absolute atomic E-state index is 0.0529. The molecule has 3 aromatic rings. The molecule has 0 saturated carbocycles. The summed E-state index contributed by atoms with van der Waals surface area (Å²) in [5, 5.41) is 2.70.